The number of benzene rings is 1. The first-order valence-electron chi connectivity index (χ1n) is 9.03. The number of carbonyl (C=O) groups excluding carboxylic acids is 1. The fraction of sp³-hybridized carbons (Fsp3) is 0.350. The molecule has 6 nitrogen and oxygen atoms in total. The minimum atomic E-state index is -0.0808. The topological polar surface area (TPSA) is 69.6 Å². The van der Waals surface area contributed by atoms with Gasteiger partial charge in [0.1, 0.15) is 5.82 Å². The highest BCUT2D eigenvalue weighted by Crippen LogP contribution is 2.27. The fourth-order valence-corrected chi connectivity index (χ4v) is 2.96. The van der Waals surface area contributed by atoms with E-state index < -0.39 is 0 Å². The summed E-state index contributed by atoms with van der Waals surface area (Å²) in [6, 6.07) is 12.1. The number of hydrogen-bond acceptors (Lipinski definition) is 3. The summed E-state index contributed by atoms with van der Waals surface area (Å²) in [5.41, 5.74) is 3.59. The van der Waals surface area contributed by atoms with E-state index >= 15 is 0 Å². The van der Waals surface area contributed by atoms with E-state index in [1.807, 2.05) is 32.0 Å². The van der Waals surface area contributed by atoms with Crippen molar-refractivity contribution in [3.05, 3.63) is 53.7 Å². The summed E-state index contributed by atoms with van der Waals surface area (Å²) in [4.78, 5) is 23.1. The standard InChI is InChI=1S/C20H25N5O.HI/c1-3-21-20(25-13-11-16-6-4-5-7-17(16)25)22-12-10-19(26)24-18-9-8-15(2)14-23-18;/h4-9,14H,3,10-13H2,1-2H3,(H,21,22)(H,23,24,26);1H. The summed E-state index contributed by atoms with van der Waals surface area (Å²) >= 11 is 0. The number of guanidine groups is 1. The first-order chi connectivity index (χ1) is 12.7. The maximum Gasteiger partial charge on any atom is 0.227 e. The van der Waals surface area contributed by atoms with Crippen LogP contribution in [0.3, 0.4) is 0 Å². The number of aromatic nitrogens is 1. The second-order valence-electron chi connectivity index (χ2n) is 6.28. The van der Waals surface area contributed by atoms with Crippen LogP contribution in [0.15, 0.2) is 47.6 Å². The zero-order valence-corrected chi connectivity index (χ0v) is 18.1. The van der Waals surface area contributed by atoms with Gasteiger partial charge >= 0.3 is 0 Å². The molecule has 1 amide bonds. The van der Waals surface area contributed by atoms with Crippen LogP contribution in [0.25, 0.3) is 0 Å². The molecule has 0 unspecified atom stereocenters. The molecule has 1 aliphatic rings. The predicted molar refractivity (Wildman–Crippen MR) is 121 cm³/mol. The van der Waals surface area contributed by atoms with Crippen LogP contribution in [0.1, 0.15) is 24.5 Å². The van der Waals surface area contributed by atoms with Crippen molar-refractivity contribution in [2.45, 2.75) is 26.7 Å². The van der Waals surface area contributed by atoms with Gasteiger partial charge in [-0.05, 0) is 43.5 Å². The molecule has 0 saturated heterocycles. The Bertz CT molecular complexity index is 791. The number of hydrogen-bond donors (Lipinski definition) is 2. The predicted octanol–water partition coefficient (Wildman–Crippen LogP) is 3.36. The van der Waals surface area contributed by atoms with Crippen molar-refractivity contribution in [2.75, 3.05) is 29.9 Å². The largest absolute Gasteiger partial charge is 0.356 e. The van der Waals surface area contributed by atoms with Gasteiger partial charge in [0.15, 0.2) is 5.96 Å². The molecule has 0 atom stereocenters. The lowest BCUT2D eigenvalue weighted by atomic mass is 10.2. The van der Waals surface area contributed by atoms with Crippen molar-refractivity contribution in [3.63, 3.8) is 0 Å². The number of pyridine rings is 1. The highest BCUT2D eigenvalue weighted by atomic mass is 127. The molecule has 0 bridgehead atoms. The Morgan fingerprint density at radius 1 is 1.26 bits per heavy atom. The second kappa shape index (κ2) is 10.2. The van der Waals surface area contributed by atoms with E-state index in [1.54, 1.807) is 6.20 Å². The number of aliphatic imine (C=N–C) groups is 1. The minimum absolute atomic E-state index is 0. The summed E-state index contributed by atoms with van der Waals surface area (Å²) in [5.74, 6) is 1.33. The third kappa shape index (κ3) is 5.66. The molecular weight excluding hydrogens is 453 g/mol. The molecule has 2 heterocycles. The fourth-order valence-electron chi connectivity index (χ4n) is 2.96. The average Bonchev–Trinajstić information content (AvgIpc) is 3.07. The molecule has 2 N–H and O–H groups in total. The molecule has 2 aromatic rings. The van der Waals surface area contributed by atoms with Gasteiger partial charge < -0.3 is 15.5 Å². The van der Waals surface area contributed by atoms with Gasteiger partial charge in [-0.25, -0.2) is 4.98 Å². The number of nitrogens with one attached hydrogen (secondary N) is 2. The number of halogens is 1. The molecule has 1 aliphatic heterocycles. The quantitative estimate of drug-likeness (QED) is 0.392. The molecule has 0 saturated carbocycles. The van der Waals surface area contributed by atoms with E-state index in [2.05, 4.69) is 43.7 Å². The average molecular weight is 479 g/mol. The number of rotatable bonds is 5. The van der Waals surface area contributed by atoms with E-state index in [0.717, 1.165) is 31.0 Å². The summed E-state index contributed by atoms with van der Waals surface area (Å²) in [7, 11) is 0. The van der Waals surface area contributed by atoms with Crippen molar-refractivity contribution in [2.24, 2.45) is 4.99 Å². The molecule has 0 fully saturated rings. The van der Waals surface area contributed by atoms with Crippen LogP contribution >= 0.6 is 24.0 Å². The van der Waals surface area contributed by atoms with Crippen LogP contribution in [-0.4, -0.2) is 36.5 Å². The number of amides is 1. The highest BCUT2D eigenvalue weighted by molar-refractivity contribution is 14.0. The van der Waals surface area contributed by atoms with Gasteiger partial charge in [0.2, 0.25) is 5.91 Å². The summed E-state index contributed by atoms with van der Waals surface area (Å²) in [6.45, 7) is 6.14. The van der Waals surface area contributed by atoms with Crippen LogP contribution in [0, 0.1) is 6.92 Å². The summed E-state index contributed by atoms with van der Waals surface area (Å²) in [5, 5.41) is 6.13. The Labute approximate surface area is 177 Å². The summed E-state index contributed by atoms with van der Waals surface area (Å²) < 4.78 is 0. The maximum absolute atomic E-state index is 12.1. The van der Waals surface area contributed by atoms with Crippen molar-refractivity contribution < 1.29 is 4.79 Å². The molecule has 0 aliphatic carbocycles. The molecule has 3 rings (SSSR count). The molecule has 0 radical (unpaired) electrons. The van der Waals surface area contributed by atoms with E-state index in [9.17, 15) is 4.79 Å². The van der Waals surface area contributed by atoms with Crippen LogP contribution < -0.4 is 15.5 Å². The van der Waals surface area contributed by atoms with Gasteiger partial charge in [0, 0.05) is 31.4 Å². The molecular formula is C20H26IN5O. The van der Waals surface area contributed by atoms with E-state index in [-0.39, 0.29) is 29.9 Å². The van der Waals surface area contributed by atoms with E-state index in [4.69, 9.17) is 0 Å². The van der Waals surface area contributed by atoms with Crippen LogP contribution in [0.2, 0.25) is 0 Å². The Kier molecular flexibility index (Phi) is 8.02. The van der Waals surface area contributed by atoms with Crippen molar-refractivity contribution >= 4 is 47.3 Å². The van der Waals surface area contributed by atoms with Gasteiger partial charge in [0.25, 0.3) is 0 Å². The second-order valence-corrected chi connectivity index (χ2v) is 6.28. The Morgan fingerprint density at radius 3 is 2.81 bits per heavy atom. The third-order valence-corrected chi connectivity index (χ3v) is 4.26. The Balaban J connectivity index is 0.00000261. The van der Waals surface area contributed by atoms with Gasteiger partial charge in [-0.3, -0.25) is 9.79 Å². The number of anilines is 2. The van der Waals surface area contributed by atoms with Crippen molar-refractivity contribution in [1.82, 2.24) is 10.3 Å². The zero-order valence-electron chi connectivity index (χ0n) is 15.7. The van der Waals surface area contributed by atoms with Crippen molar-refractivity contribution in [1.29, 1.82) is 0 Å². The van der Waals surface area contributed by atoms with Gasteiger partial charge in [-0.15, -0.1) is 24.0 Å². The number of fused-ring (bicyclic) bond motifs is 1. The minimum Gasteiger partial charge on any atom is -0.356 e. The number of nitrogens with zero attached hydrogens (tertiary/aromatic N) is 3. The molecule has 27 heavy (non-hydrogen) atoms. The highest BCUT2D eigenvalue weighted by Gasteiger charge is 2.22. The maximum atomic E-state index is 12.1. The lowest BCUT2D eigenvalue weighted by Crippen LogP contribution is -2.40. The summed E-state index contributed by atoms with van der Waals surface area (Å²) in [6.07, 6.45) is 3.07. The van der Waals surface area contributed by atoms with Crippen molar-refractivity contribution in [3.8, 4) is 0 Å². The van der Waals surface area contributed by atoms with Crippen LogP contribution in [0.5, 0.6) is 0 Å². The third-order valence-electron chi connectivity index (χ3n) is 4.26. The van der Waals surface area contributed by atoms with Gasteiger partial charge in [0.05, 0.1) is 6.54 Å². The SMILES string of the molecule is CCNC(=NCCC(=O)Nc1ccc(C)cn1)N1CCc2ccccc21.I. The number of para-hydroxylation sites is 1. The Morgan fingerprint density at radius 2 is 2.07 bits per heavy atom. The van der Waals surface area contributed by atoms with Gasteiger partial charge in [-0.1, -0.05) is 24.3 Å². The van der Waals surface area contributed by atoms with Crippen LogP contribution in [0.4, 0.5) is 11.5 Å². The zero-order chi connectivity index (χ0) is 18.4. The Hall–Kier alpha value is -2.16. The normalized spacial score (nSPS) is 13.0. The lowest BCUT2D eigenvalue weighted by Gasteiger charge is -2.22. The first-order valence-corrected chi connectivity index (χ1v) is 9.03. The van der Waals surface area contributed by atoms with Gasteiger partial charge in [-0.2, -0.15) is 0 Å². The first kappa shape index (κ1) is 21.1. The number of aryl methyl sites for hydroxylation is 1. The monoisotopic (exact) mass is 479 g/mol. The van der Waals surface area contributed by atoms with Crippen LogP contribution in [-0.2, 0) is 11.2 Å². The smallest absolute Gasteiger partial charge is 0.227 e. The molecule has 0 spiro atoms. The number of carbonyl (C=O) groups is 1. The van der Waals surface area contributed by atoms with E-state index in [1.165, 1.54) is 11.3 Å². The molecule has 7 heteroatoms. The van der Waals surface area contributed by atoms with E-state index in [0.29, 0.717) is 18.8 Å². The molecule has 1 aromatic carbocycles. The molecule has 1 aromatic heterocycles. The lowest BCUT2D eigenvalue weighted by molar-refractivity contribution is -0.116. The molecule has 144 valence electrons.